The van der Waals surface area contributed by atoms with E-state index >= 15 is 0 Å². The normalized spacial score (nSPS) is 13.9. The molecular weight excluding hydrogens is 509 g/mol. The second-order valence-electron chi connectivity index (χ2n) is 9.09. The van der Waals surface area contributed by atoms with Gasteiger partial charge in [0.05, 0.1) is 31.1 Å². The maximum atomic E-state index is 13.6. The molecule has 1 unspecified atom stereocenters. The standard InChI is InChI=1S/C28H28FN3O5S/c1-3-37-28(33)26-24-16-23(19-6-7-19)25(17-31(24)30-27(26)20-8-10-21(29)11-9-20)32(38(34)35)15-14-18-4-12-22(36-2)13-5-18/h4-5,8-13,16-17,19H,3,6-7,14-15H2,1-2H3,(H,34,35)/p-1. The molecule has 1 fully saturated rings. The minimum absolute atomic E-state index is 0.181. The third-order valence-corrected chi connectivity index (χ3v) is 7.34. The Balaban J connectivity index is 1.59. The molecular formula is C28H27FN3O5S-. The monoisotopic (exact) mass is 536 g/mol. The number of carbonyl (C=O) groups is 1. The first-order chi connectivity index (χ1) is 18.4. The summed E-state index contributed by atoms with van der Waals surface area (Å²) in [4.78, 5) is 13.0. The van der Waals surface area contributed by atoms with Gasteiger partial charge in [0.25, 0.3) is 0 Å². The molecule has 0 N–H and O–H groups in total. The van der Waals surface area contributed by atoms with Gasteiger partial charge in [0, 0.05) is 23.4 Å². The molecule has 0 radical (unpaired) electrons. The lowest BCUT2D eigenvalue weighted by molar-refractivity contribution is 0.0529. The van der Waals surface area contributed by atoms with Crippen LogP contribution in [0.2, 0.25) is 0 Å². The molecule has 38 heavy (non-hydrogen) atoms. The highest BCUT2D eigenvalue weighted by Crippen LogP contribution is 2.46. The summed E-state index contributed by atoms with van der Waals surface area (Å²) in [5.41, 5.74) is 4.00. The predicted octanol–water partition coefficient (Wildman–Crippen LogP) is 5.05. The van der Waals surface area contributed by atoms with Gasteiger partial charge in [-0.25, -0.2) is 13.7 Å². The first-order valence-corrected chi connectivity index (χ1v) is 13.4. The molecule has 2 heterocycles. The molecule has 1 atom stereocenters. The molecule has 1 aliphatic carbocycles. The Kier molecular flexibility index (Phi) is 7.44. The van der Waals surface area contributed by atoms with Crippen LogP contribution < -0.4 is 9.04 Å². The number of nitrogens with zero attached hydrogens (tertiary/aromatic N) is 3. The van der Waals surface area contributed by atoms with Gasteiger partial charge in [0.1, 0.15) is 22.8 Å². The number of benzene rings is 2. The summed E-state index contributed by atoms with van der Waals surface area (Å²) in [6, 6.07) is 15.0. The van der Waals surface area contributed by atoms with Gasteiger partial charge in [-0.3, -0.25) is 4.21 Å². The minimum Gasteiger partial charge on any atom is -0.755 e. The van der Waals surface area contributed by atoms with Crippen LogP contribution in [-0.4, -0.2) is 44.6 Å². The van der Waals surface area contributed by atoms with Gasteiger partial charge < -0.3 is 18.3 Å². The molecule has 0 aliphatic heterocycles. The second kappa shape index (κ2) is 10.9. The van der Waals surface area contributed by atoms with Crippen molar-refractivity contribution in [2.45, 2.75) is 32.1 Å². The molecule has 1 aliphatic rings. The number of rotatable bonds is 10. The smallest absolute Gasteiger partial charge is 0.342 e. The van der Waals surface area contributed by atoms with Crippen LogP contribution in [0.25, 0.3) is 16.8 Å². The highest BCUT2D eigenvalue weighted by molar-refractivity contribution is 7.80. The van der Waals surface area contributed by atoms with E-state index in [1.165, 1.54) is 21.0 Å². The molecule has 1 saturated carbocycles. The third kappa shape index (κ3) is 5.27. The van der Waals surface area contributed by atoms with Crippen LogP contribution in [0.15, 0.2) is 60.8 Å². The Morgan fingerprint density at radius 2 is 1.89 bits per heavy atom. The molecule has 10 heteroatoms. The molecule has 0 spiro atoms. The molecule has 5 rings (SSSR count). The first-order valence-electron chi connectivity index (χ1n) is 12.4. The van der Waals surface area contributed by atoms with Crippen LogP contribution in [-0.2, 0) is 22.4 Å². The maximum Gasteiger partial charge on any atom is 0.342 e. The molecule has 2 aromatic heterocycles. The average molecular weight is 537 g/mol. The van der Waals surface area contributed by atoms with Crippen molar-refractivity contribution in [1.82, 2.24) is 9.61 Å². The number of esters is 1. The third-order valence-electron chi connectivity index (χ3n) is 6.61. The maximum absolute atomic E-state index is 13.6. The number of methoxy groups -OCH3 is 1. The molecule has 8 nitrogen and oxygen atoms in total. The molecule has 2 aromatic carbocycles. The predicted molar refractivity (Wildman–Crippen MR) is 141 cm³/mol. The average Bonchev–Trinajstić information content (AvgIpc) is 3.69. The number of ether oxygens (including phenoxy) is 2. The van der Waals surface area contributed by atoms with E-state index in [1.807, 2.05) is 30.3 Å². The molecule has 4 aromatic rings. The molecule has 0 amide bonds. The number of fused-ring (bicyclic) bond motifs is 1. The Morgan fingerprint density at radius 3 is 2.50 bits per heavy atom. The number of pyridine rings is 1. The zero-order valence-electron chi connectivity index (χ0n) is 21.1. The van der Waals surface area contributed by atoms with E-state index in [-0.39, 0.29) is 24.6 Å². The molecule has 198 valence electrons. The van der Waals surface area contributed by atoms with E-state index in [0.29, 0.717) is 28.9 Å². The van der Waals surface area contributed by atoms with Crippen molar-refractivity contribution in [3.8, 4) is 17.0 Å². The Labute approximate surface area is 222 Å². The van der Waals surface area contributed by atoms with Gasteiger partial charge in [-0.1, -0.05) is 12.1 Å². The first kappa shape index (κ1) is 25.9. The van der Waals surface area contributed by atoms with Crippen molar-refractivity contribution in [3.05, 3.63) is 83.3 Å². The zero-order valence-corrected chi connectivity index (χ0v) is 21.9. The fraction of sp³-hybridized carbons (Fsp3) is 0.286. The molecule has 0 bridgehead atoms. The molecule has 0 saturated heterocycles. The van der Waals surface area contributed by atoms with Crippen LogP contribution in [0.1, 0.15) is 47.2 Å². The number of halogens is 1. The topological polar surface area (TPSA) is 96.2 Å². The summed E-state index contributed by atoms with van der Waals surface area (Å²) in [7, 11) is 1.59. The van der Waals surface area contributed by atoms with Crippen LogP contribution in [0.4, 0.5) is 10.1 Å². The number of carbonyl (C=O) groups excluding carboxylic acids is 1. The van der Waals surface area contributed by atoms with Crippen molar-refractivity contribution in [3.63, 3.8) is 0 Å². The van der Waals surface area contributed by atoms with Gasteiger partial charge in [-0.2, -0.15) is 5.10 Å². The van der Waals surface area contributed by atoms with Gasteiger partial charge >= 0.3 is 5.97 Å². The van der Waals surface area contributed by atoms with Crippen molar-refractivity contribution < 1.29 is 27.4 Å². The minimum atomic E-state index is -2.54. The second-order valence-corrected chi connectivity index (χ2v) is 9.96. The summed E-state index contributed by atoms with van der Waals surface area (Å²) in [5.74, 6) is -0.0345. The zero-order chi connectivity index (χ0) is 26.8. The Bertz CT molecular complexity index is 1480. The summed E-state index contributed by atoms with van der Waals surface area (Å²) < 4.78 is 51.9. The summed E-state index contributed by atoms with van der Waals surface area (Å²) >= 11 is -2.54. The number of anilines is 1. The number of hydrogen-bond acceptors (Lipinski definition) is 6. The van der Waals surface area contributed by atoms with E-state index in [1.54, 1.807) is 32.4 Å². The fourth-order valence-electron chi connectivity index (χ4n) is 4.54. The van der Waals surface area contributed by atoms with E-state index < -0.39 is 23.1 Å². The largest absolute Gasteiger partial charge is 0.755 e. The highest BCUT2D eigenvalue weighted by atomic mass is 32.2. The van der Waals surface area contributed by atoms with Crippen molar-refractivity contribution in [2.24, 2.45) is 0 Å². The summed E-state index contributed by atoms with van der Waals surface area (Å²) in [5, 5.41) is 4.63. The highest BCUT2D eigenvalue weighted by Gasteiger charge is 2.31. The summed E-state index contributed by atoms with van der Waals surface area (Å²) in [6.07, 6.45) is 4.00. The van der Waals surface area contributed by atoms with E-state index in [9.17, 15) is 17.9 Å². The van der Waals surface area contributed by atoms with Crippen LogP contribution in [0.5, 0.6) is 5.75 Å². The van der Waals surface area contributed by atoms with Gasteiger partial charge in [-0.05, 0) is 85.7 Å². The van der Waals surface area contributed by atoms with E-state index in [2.05, 4.69) is 5.10 Å². The van der Waals surface area contributed by atoms with Crippen molar-refractivity contribution in [2.75, 3.05) is 24.6 Å². The Morgan fingerprint density at radius 1 is 1.18 bits per heavy atom. The quantitative estimate of drug-likeness (QED) is 0.208. The van der Waals surface area contributed by atoms with Crippen LogP contribution >= 0.6 is 0 Å². The van der Waals surface area contributed by atoms with Gasteiger partial charge in [0.2, 0.25) is 0 Å². The Hall–Kier alpha value is -3.76. The van der Waals surface area contributed by atoms with Crippen LogP contribution in [0, 0.1) is 5.82 Å². The lowest BCUT2D eigenvalue weighted by Gasteiger charge is -2.28. The van der Waals surface area contributed by atoms with Crippen molar-refractivity contribution in [1.29, 1.82) is 0 Å². The SMILES string of the molecule is CCOC(=O)c1c(-c2ccc(F)cc2)nn2cc(N(CCc3ccc(OC)cc3)S(=O)[O-])c(C3CC3)cc12. The fourth-order valence-corrected chi connectivity index (χ4v) is 5.09. The van der Waals surface area contributed by atoms with Crippen molar-refractivity contribution >= 4 is 28.4 Å². The van der Waals surface area contributed by atoms with E-state index in [0.717, 1.165) is 29.7 Å². The van der Waals surface area contributed by atoms with Gasteiger partial charge in [-0.15, -0.1) is 0 Å². The number of hydrogen-bond donors (Lipinski definition) is 0. The van der Waals surface area contributed by atoms with Gasteiger partial charge in [0.15, 0.2) is 0 Å². The lowest BCUT2D eigenvalue weighted by Crippen LogP contribution is -2.29. The lowest BCUT2D eigenvalue weighted by atomic mass is 10.0. The number of aromatic nitrogens is 2. The van der Waals surface area contributed by atoms with Crippen LogP contribution in [0.3, 0.4) is 0 Å². The summed E-state index contributed by atoms with van der Waals surface area (Å²) in [6.45, 7) is 2.13. The van der Waals surface area contributed by atoms with E-state index in [4.69, 9.17) is 9.47 Å².